The monoisotopic (exact) mass is 221 g/mol. The summed E-state index contributed by atoms with van der Waals surface area (Å²) in [6.45, 7) is 1.53. The average Bonchev–Trinajstić information content (AvgIpc) is 2.82. The molecular formula is C12H19N3O. The molecule has 0 spiro atoms. The van der Waals surface area contributed by atoms with Crippen LogP contribution < -0.4 is 11.3 Å². The van der Waals surface area contributed by atoms with E-state index < -0.39 is 0 Å². The van der Waals surface area contributed by atoms with Crippen LogP contribution in [0.4, 0.5) is 5.82 Å². The van der Waals surface area contributed by atoms with E-state index in [2.05, 4.69) is 10.4 Å². The zero-order valence-electron chi connectivity index (χ0n) is 9.48. The van der Waals surface area contributed by atoms with Crippen LogP contribution in [0.1, 0.15) is 31.2 Å². The van der Waals surface area contributed by atoms with Crippen molar-refractivity contribution < 1.29 is 4.74 Å². The first-order valence-electron chi connectivity index (χ1n) is 5.88. The maximum atomic E-state index is 5.71. The van der Waals surface area contributed by atoms with Crippen molar-refractivity contribution in [2.24, 2.45) is 11.8 Å². The molecule has 1 aliphatic carbocycles. The van der Waals surface area contributed by atoms with Crippen LogP contribution in [0.3, 0.4) is 0 Å². The van der Waals surface area contributed by atoms with Crippen molar-refractivity contribution >= 4 is 5.82 Å². The zero-order valence-corrected chi connectivity index (χ0v) is 9.48. The Bertz CT molecular complexity index is 324. The molecule has 1 heterocycles. The van der Waals surface area contributed by atoms with Crippen LogP contribution in [0.2, 0.25) is 0 Å². The minimum absolute atomic E-state index is 0.647. The molecule has 1 saturated carbocycles. The topological polar surface area (TPSA) is 60.2 Å². The number of hydrazine groups is 1. The van der Waals surface area contributed by atoms with Gasteiger partial charge in [-0.25, -0.2) is 10.8 Å². The lowest BCUT2D eigenvalue weighted by Gasteiger charge is -2.10. The van der Waals surface area contributed by atoms with E-state index in [1.807, 2.05) is 12.1 Å². The zero-order chi connectivity index (χ0) is 11.2. The van der Waals surface area contributed by atoms with Gasteiger partial charge in [0.25, 0.3) is 0 Å². The normalized spacial score (nSPS) is 16.6. The molecule has 3 N–H and O–H groups in total. The molecule has 0 unspecified atom stereocenters. The van der Waals surface area contributed by atoms with Crippen molar-refractivity contribution in [2.45, 2.75) is 32.3 Å². The van der Waals surface area contributed by atoms with Gasteiger partial charge >= 0.3 is 0 Å². The lowest BCUT2D eigenvalue weighted by atomic mass is 10.1. The molecule has 16 heavy (non-hydrogen) atoms. The van der Waals surface area contributed by atoms with Crippen LogP contribution in [0.5, 0.6) is 0 Å². The molecule has 0 atom stereocenters. The predicted molar refractivity (Wildman–Crippen MR) is 63.7 cm³/mol. The Morgan fingerprint density at radius 3 is 3.00 bits per heavy atom. The first-order chi connectivity index (χ1) is 7.88. The maximum absolute atomic E-state index is 5.71. The van der Waals surface area contributed by atoms with Crippen LogP contribution in [-0.2, 0) is 11.3 Å². The lowest BCUT2D eigenvalue weighted by Crippen LogP contribution is -2.09. The van der Waals surface area contributed by atoms with E-state index in [1.54, 1.807) is 6.20 Å². The molecule has 1 aromatic heterocycles. The summed E-state index contributed by atoms with van der Waals surface area (Å²) in [6, 6.07) is 3.87. The number of nitrogen functional groups attached to an aromatic ring is 1. The van der Waals surface area contributed by atoms with Crippen molar-refractivity contribution in [1.29, 1.82) is 0 Å². The molecule has 1 aromatic rings. The molecule has 0 aromatic carbocycles. The minimum Gasteiger partial charge on any atom is -0.376 e. The van der Waals surface area contributed by atoms with Gasteiger partial charge in [0.2, 0.25) is 0 Å². The molecule has 0 aliphatic heterocycles. The number of nitrogens with one attached hydrogen (secondary N) is 1. The van der Waals surface area contributed by atoms with E-state index >= 15 is 0 Å². The van der Waals surface area contributed by atoms with Gasteiger partial charge in [-0.2, -0.15) is 0 Å². The van der Waals surface area contributed by atoms with Gasteiger partial charge in [0.15, 0.2) is 0 Å². The number of hydrogen-bond donors (Lipinski definition) is 2. The van der Waals surface area contributed by atoms with Crippen LogP contribution in [0, 0.1) is 5.92 Å². The van der Waals surface area contributed by atoms with Gasteiger partial charge in [0.05, 0.1) is 6.61 Å². The van der Waals surface area contributed by atoms with Crippen LogP contribution in [-0.4, -0.2) is 11.6 Å². The molecule has 88 valence electrons. The van der Waals surface area contributed by atoms with Crippen molar-refractivity contribution in [2.75, 3.05) is 12.0 Å². The van der Waals surface area contributed by atoms with E-state index in [0.29, 0.717) is 12.4 Å². The van der Waals surface area contributed by atoms with Gasteiger partial charge in [0.1, 0.15) is 5.82 Å². The highest BCUT2D eigenvalue weighted by molar-refractivity contribution is 5.35. The largest absolute Gasteiger partial charge is 0.376 e. The molecule has 0 radical (unpaired) electrons. The fraction of sp³-hybridized carbons (Fsp3) is 0.583. The van der Waals surface area contributed by atoms with E-state index in [4.69, 9.17) is 10.6 Å². The number of anilines is 1. The fourth-order valence-corrected chi connectivity index (χ4v) is 2.16. The van der Waals surface area contributed by atoms with Crippen LogP contribution in [0.25, 0.3) is 0 Å². The van der Waals surface area contributed by atoms with Gasteiger partial charge in [-0.3, -0.25) is 0 Å². The number of hydrogen-bond acceptors (Lipinski definition) is 4. The summed E-state index contributed by atoms with van der Waals surface area (Å²) in [5, 5.41) is 0. The smallest absolute Gasteiger partial charge is 0.140 e. The van der Waals surface area contributed by atoms with Gasteiger partial charge in [-0.05, 0) is 36.5 Å². The number of aromatic nitrogens is 1. The third-order valence-electron chi connectivity index (χ3n) is 3.07. The van der Waals surface area contributed by atoms with Crippen molar-refractivity contribution in [3.63, 3.8) is 0 Å². The van der Waals surface area contributed by atoms with Crippen molar-refractivity contribution in [3.8, 4) is 0 Å². The Labute approximate surface area is 96.2 Å². The molecule has 0 bridgehead atoms. The number of pyridine rings is 1. The SMILES string of the molecule is NNc1cc(COCC2CCCC2)ccn1. The van der Waals surface area contributed by atoms with E-state index in [0.717, 1.165) is 18.1 Å². The first-order valence-corrected chi connectivity index (χ1v) is 5.88. The van der Waals surface area contributed by atoms with Gasteiger partial charge in [-0.15, -0.1) is 0 Å². The molecular weight excluding hydrogens is 202 g/mol. The van der Waals surface area contributed by atoms with Gasteiger partial charge < -0.3 is 10.2 Å². The van der Waals surface area contributed by atoms with Gasteiger partial charge in [0, 0.05) is 12.8 Å². The molecule has 1 fully saturated rings. The third-order valence-corrected chi connectivity index (χ3v) is 3.07. The maximum Gasteiger partial charge on any atom is 0.140 e. The predicted octanol–water partition coefficient (Wildman–Crippen LogP) is 2.07. The number of nitrogens with zero attached hydrogens (tertiary/aromatic N) is 1. The second kappa shape index (κ2) is 5.82. The lowest BCUT2D eigenvalue weighted by molar-refractivity contribution is 0.0889. The number of rotatable bonds is 5. The molecule has 4 nitrogen and oxygen atoms in total. The third kappa shape index (κ3) is 3.18. The van der Waals surface area contributed by atoms with Gasteiger partial charge in [-0.1, -0.05) is 12.8 Å². The highest BCUT2D eigenvalue weighted by Gasteiger charge is 2.14. The summed E-state index contributed by atoms with van der Waals surface area (Å²) in [5.74, 6) is 6.75. The summed E-state index contributed by atoms with van der Waals surface area (Å²) in [4.78, 5) is 4.05. The first kappa shape index (κ1) is 11.4. The summed E-state index contributed by atoms with van der Waals surface area (Å²) in [6.07, 6.45) is 7.12. The van der Waals surface area contributed by atoms with Crippen LogP contribution >= 0.6 is 0 Å². The molecule has 0 amide bonds. The Morgan fingerprint density at radius 1 is 1.44 bits per heavy atom. The van der Waals surface area contributed by atoms with Crippen molar-refractivity contribution in [1.82, 2.24) is 4.98 Å². The summed E-state index contributed by atoms with van der Waals surface area (Å²) >= 11 is 0. The standard InChI is InChI=1S/C12H19N3O/c13-15-12-7-11(5-6-14-12)9-16-8-10-3-1-2-4-10/h5-7,10H,1-4,8-9,13H2,(H,14,15). The highest BCUT2D eigenvalue weighted by atomic mass is 16.5. The Balaban J connectivity index is 1.75. The summed E-state index contributed by atoms with van der Waals surface area (Å²) in [5.41, 5.74) is 3.64. The molecule has 4 heteroatoms. The minimum atomic E-state index is 0.647. The van der Waals surface area contributed by atoms with E-state index in [1.165, 1.54) is 25.7 Å². The van der Waals surface area contributed by atoms with Crippen molar-refractivity contribution in [3.05, 3.63) is 23.9 Å². The number of nitrogens with two attached hydrogens (primary N) is 1. The highest BCUT2D eigenvalue weighted by Crippen LogP contribution is 2.25. The van der Waals surface area contributed by atoms with E-state index in [-0.39, 0.29) is 0 Å². The summed E-state index contributed by atoms with van der Waals surface area (Å²) < 4.78 is 5.71. The number of ether oxygens (including phenoxy) is 1. The second-order valence-electron chi connectivity index (χ2n) is 4.36. The molecule has 0 saturated heterocycles. The quantitative estimate of drug-likeness (QED) is 0.590. The second-order valence-corrected chi connectivity index (χ2v) is 4.36. The molecule has 1 aliphatic rings. The Kier molecular flexibility index (Phi) is 4.13. The average molecular weight is 221 g/mol. The van der Waals surface area contributed by atoms with Crippen LogP contribution in [0.15, 0.2) is 18.3 Å². The Morgan fingerprint density at radius 2 is 2.25 bits per heavy atom. The summed E-state index contributed by atoms with van der Waals surface area (Å²) in [7, 11) is 0. The fourth-order valence-electron chi connectivity index (χ4n) is 2.16. The Hall–Kier alpha value is -1.13. The molecule has 2 rings (SSSR count). The van der Waals surface area contributed by atoms with E-state index in [9.17, 15) is 0 Å².